The summed E-state index contributed by atoms with van der Waals surface area (Å²) in [5.41, 5.74) is -0.875. The molecule has 0 aromatic heterocycles. The van der Waals surface area contributed by atoms with Gasteiger partial charge in [0, 0.05) is 6.42 Å². The van der Waals surface area contributed by atoms with Crippen LogP contribution in [0.3, 0.4) is 0 Å². The molecule has 114 valence electrons. The highest BCUT2D eigenvalue weighted by Crippen LogP contribution is 2.41. The normalized spacial score (nSPS) is 29.6. The van der Waals surface area contributed by atoms with Gasteiger partial charge in [0.2, 0.25) is 5.91 Å². The van der Waals surface area contributed by atoms with Gasteiger partial charge in [-0.05, 0) is 25.7 Å². The van der Waals surface area contributed by atoms with Crippen molar-refractivity contribution in [2.24, 2.45) is 5.41 Å². The van der Waals surface area contributed by atoms with E-state index in [9.17, 15) is 19.8 Å². The van der Waals surface area contributed by atoms with Crippen LogP contribution in [0.4, 0.5) is 0 Å². The minimum Gasteiger partial charge on any atom is -0.481 e. The molecule has 5 heteroatoms. The van der Waals surface area contributed by atoms with Gasteiger partial charge in [0.25, 0.3) is 0 Å². The maximum atomic E-state index is 12.1. The minimum atomic E-state index is -0.875. The van der Waals surface area contributed by atoms with Crippen molar-refractivity contribution in [3.8, 4) is 0 Å². The van der Waals surface area contributed by atoms with Crippen LogP contribution >= 0.6 is 0 Å². The monoisotopic (exact) mass is 283 g/mol. The van der Waals surface area contributed by atoms with E-state index in [1.807, 2.05) is 0 Å². The summed E-state index contributed by atoms with van der Waals surface area (Å²) in [5, 5.41) is 22.3. The third kappa shape index (κ3) is 3.51. The van der Waals surface area contributed by atoms with E-state index in [2.05, 4.69) is 5.32 Å². The summed E-state index contributed by atoms with van der Waals surface area (Å²) in [5.74, 6) is -1.08. The van der Waals surface area contributed by atoms with Crippen LogP contribution in [0.5, 0.6) is 0 Å². The number of aliphatic hydroxyl groups excluding tert-OH is 1. The Labute approximate surface area is 119 Å². The molecule has 0 heterocycles. The zero-order chi connectivity index (χ0) is 14.6. The maximum Gasteiger partial charge on any atom is 0.310 e. The first-order valence-electron chi connectivity index (χ1n) is 7.74. The lowest BCUT2D eigenvalue weighted by Crippen LogP contribution is -2.45. The number of aliphatic hydroxyl groups is 1. The predicted octanol–water partition coefficient (Wildman–Crippen LogP) is 1.83. The van der Waals surface area contributed by atoms with Crippen LogP contribution in [0.2, 0.25) is 0 Å². The number of aliphatic carboxylic acids is 1. The molecule has 0 aromatic rings. The number of nitrogens with one attached hydrogen (secondary N) is 1. The number of carboxylic acid groups (broad SMARTS) is 1. The molecular formula is C15H25NO4. The zero-order valence-electron chi connectivity index (χ0n) is 11.9. The van der Waals surface area contributed by atoms with Gasteiger partial charge in [0.15, 0.2) is 0 Å². The van der Waals surface area contributed by atoms with Gasteiger partial charge in [-0.2, -0.15) is 0 Å². The van der Waals surface area contributed by atoms with Gasteiger partial charge in [0.05, 0.1) is 17.6 Å². The van der Waals surface area contributed by atoms with E-state index in [4.69, 9.17) is 0 Å². The summed E-state index contributed by atoms with van der Waals surface area (Å²) < 4.78 is 0. The number of hydrogen-bond donors (Lipinski definition) is 3. The second-order valence-corrected chi connectivity index (χ2v) is 6.35. The van der Waals surface area contributed by atoms with Crippen molar-refractivity contribution in [2.45, 2.75) is 76.4 Å². The topological polar surface area (TPSA) is 86.6 Å². The summed E-state index contributed by atoms with van der Waals surface area (Å²) in [4.78, 5) is 23.6. The molecule has 2 aliphatic carbocycles. The summed E-state index contributed by atoms with van der Waals surface area (Å²) in [6.45, 7) is 0. The first-order chi connectivity index (χ1) is 9.53. The van der Waals surface area contributed by atoms with Crippen LogP contribution < -0.4 is 5.32 Å². The third-order valence-corrected chi connectivity index (χ3v) is 4.84. The molecule has 0 radical (unpaired) electrons. The third-order valence-electron chi connectivity index (χ3n) is 4.84. The second-order valence-electron chi connectivity index (χ2n) is 6.35. The van der Waals surface area contributed by atoms with E-state index in [1.54, 1.807) is 0 Å². The van der Waals surface area contributed by atoms with Gasteiger partial charge in [-0.25, -0.2) is 0 Å². The molecule has 0 aliphatic heterocycles. The molecule has 2 unspecified atom stereocenters. The molecule has 2 saturated carbocycles. The van der Waals surface area contributed by atoms with E-state index in [-0.39, 0.29) is 18.4 Å². The summed E-state index contributed by atoms with van der Waals surface area (Å²) >= 11 is 0. The van der Waals surface area contributed by atoms with Crippen LogP contribution in [-0.2, 0) is 9.59 Å². The summed E-state index contributed by atoms with van der Waals surface area (Å²) in [6, 6.07) is -0.211. The lowest BCUT2D eigenvalue weighted by atomic mass is 9.82. The molecule has 2 atom stereocenters. The molecule has 5 nitrogen and oxygen atoms in total. The molecule has 20 heavy (non-hydrogen) atoms. The Kier molecular flexibility index (Phi) is 5.02. The van der Waals surface area contributed by atoms with Crippen molar-refractivity contribution >= 4 is 11.9 Å². The van der Waals surface area contributed by atoms with Gasteiger partial charge in [0.1, 0.15) is 0 Å². The molecule has 0 bridgehead atoms. The highest BCUT2D eigenvalue weighted by atomic mass is 16.4. The molecule has 1 amide bonds. The quantitative estimate of drug-likeness (QED) is 0.687. The van der Waals surface area contributed by atoms with Gasteiger partial charge in [-0.15, -0.1) is 0 Å². The number of hydrogen-bond acceptors (Lipinski definition) is 3. The first kappa shape index (κ1) is 15.3. The first-order valence-corrected chi connectivity index (χ1v) is 7.74. The molecule has 2 fully saturated rings. The van der Waals surface area contributed by atoms with Crippen LogP contribution in [0.15, 0.2) is 0 Å². The lowest BCUT2D eigenvalue weighted by molar-refractivity contribution is -0.151. The molecule has 3 N–H and O–H groups in total. The Morgan fingerprint density at radius 3 is 2.35 bits per heavy atom. The Balaban J connectivity index is 1.92. The largest absolute Gasteiger partial charge is 0.481 e. The van der Waals surface area contributed by atoms with Crippen LogP contribution in [0.1, 0.15) is 64.2 Å². The van der Waals surface area contributed by atoms with Gasteiger partial charge < -0.3 is 15.5 Å². The summed E-state index contributed by atoms with van der Waals surface area (Å²) in [6.07, 6.45) is 7.07. The minimum absolute atomic E-state index is 0.0472. The molecule has 2 aliphatic rings. The van der Waals surface area contributed by atoms with Gasteiger partial charge >= 0.3 is 5.97 Å². The second kappa shape index (κ2) is 6.57. The van der Waals surface area contributed by atoms with Gasteiger partial charge in [-0.3, -0.25) is 9.59 Å². The van der Waals surface area contributed by atoms with E-state index < -0.39 is 17.5 Å². The van der Waals surface area contributed by atoms with Crippen LogP contribution in [0.25, 0.3) is 0 Å². The highest BCUT2D eigenvalue weighted by Gasteiger charge is 2.43. The van der Waals surface area contributed by atoms with Crippen molar-refractivity contribution in [1.82, 2.24) is 5.32 Å². The van der Waals surface area contributed by atoms with Gasteiger partial charge in [-0.1, -0.05) is 32.1 Å². The molecule has 0 spiro atoms. The number of amides is 1. The number of carbonyl (C=O) groups is 2. The standard InChI is InChI=1S/C15H25NO4/c17-12-7-3-1-2-6-11(12)16-13(18)10-15(14(19)20)8-4-5-9-15/h11-12,17H,1-10H2,(H,16,18)(H,19,20). The Bertz CT molecular complexity index is 363. The van der Waals surface area contributed by atoms with E-state index in [0.717, 1.165) is 44.9 Å². The van der Waals surface area contributed by atoms with Crippen LogP contribution in [-0.4, -0.2) is 34.2 Å². The van der Waals surface area contributed by atoms with Crippen molar-refractivity contribution in [3.63, 3.8) is 0 Å². The average Bonchev–Trinajstić information content (AvgIpc) is 2.77. The lowest BCUT2D eigenvalue weighted by Gasteiger charge is -2.26. The van der Waals surface area contributed by atoms with Crippen LogP contribution in [0, 0.1) is 5.41 Å². The fourth-order valence-electron chi connectivity index (χ4n) is 3.54. The zero-order valence-corrected chi connectivity index (χ0v) is 11.9. The predicted molar refractivity (Wildman–Crippen MR) is 74.2 cm³/mol. The van der Waals surface area contributed by atoms with Crippen molar-refractivity contribution < 1.29 is 19.8 Å². The number of carbonyl (C=O) groups excluding carboxylic acids is 1. The average molecular weight is 283 g/mol. The summed E-state index contributed by atoms with van der Waals surface area (Å²) in [7, 11) is 0. The van der Waals surface area contributed by atoms with Crippen molar-refractivity contribution in [1.29, 1.82) is 0 Å². The number of rotatable bonds is 4. The van der Waals surface area contributed by atoms with E-state index >= 15 is 0 Å². The Morgan fingerprint density at radius 2 is 1.70 bits per heavy atom. The Hall–Kier alpha value is -1.10. The van der Waals surface area contributed by atoms with E-state index in [0.29, 0.717) is 12.8 Å². The fraction of sp³-hybridized carbons (Fsp3) is 0.867. The van der Waals surface area contributed by atoms with Crippen molar-refractivity contribution in [2.75, 3.05) is 0 Å². The molecule has 0 saturated heterocycles. The molecular weight excluding hydrogens is 258 g/mol. The Morgan fingerprint density at radius 1 is 1.05 bits per heavy atom. The number of carboxylic acids is 1. The smallest absolute Gasteiger partial charge is 0.310 e. The van der Waals surface area contributed by atoms with E-state index in [1.165, 1.54) is 0 Å². The molecule has 2 rings (SSSR count). The van der Waals surface area contributed by atoms with Crippen molar-refractivity contribution in [3.05, 3.63) is 0 Å². The fourth-order valence-corrected chi connectivity index (χ4v) is 3.54. The highest BCUT2D eigenvalue weighted by molar-refractivity contribution is 5.85. The maximum absolute atomic E-state index is 12.1. The SMILES string of the molecule is O=C(CC1(C(=O)O)CCCC1)NC1CCCCCC1O. The molecule has 0 aromatic carbocycles.